The van der Waals surface area contributed by atoms with Crippen LogP contribution >= 0.6 is 22.6 Å². The molecule has 1 aliphatic carbocycles. The minimum absolute atomic E-state index is 0.0264. The van der Waals surface area contributed by atoms with Gasteiger partial charge in [-0.05, 0) is 66.1 Å². The molecule has 1 aromatic carbocycles. The molecular formula is C13H17IO3S. The molecular weight excluding hydrogens is 363 g/mol. The Morgan fingerprint density at radius 3 is 2.50 bits per heavy atom. The quantitative estimate of drug-likeness (QED) is 0.758. The molecule has 5 heteroatoms. The average Bonchev–Trinajstić information content (AvgIpc) is 2.31. The van der Waals surface area contributed by atoms with Gasteiger partial charge >= 0.3 is 0 Å². The highest BCUT2D eigenvalue weighted by Crippen LogP contribution is 2.27. The van der Waals surface area contributed by atoms with Crippen LogP contribution in [0.25, 0.3) is 0 Å². The van der Waals surface area contributed by atoms with E-state index in [-0.39, 0.29) is 11.4 Å². The third-order valence-electron chi connectivity index (χ3n) is 3.30. The second-order valence-electron chi connectivity index (χ2n) is 4.81. The van der Waals surface area contributed by atoms with Crippen molar-refractivity contribution in [2.24, 2.45) is 0 Å². The highest BCUT2D eigenvalue weighted by molar-refractivity contribution is 14.1. The zero-order valence-corrected chi connectivity index (χ0v) is 13.3. The monoisotopic (exact) mass is 380 g/mol. The molecule has 1 aromatic rings. The van der Waals surface area contributed by atoms with E-state index < -0.39 is 9.84 Å². The Labute approximate surface area is 122 Å². The van der Waals surface area contributed by atoms with Gasteiger partial charge in [0.05, 0.1) is 11.4 Å². The largest absolute Gasteiger partial charge is 0.490 e. The molecule has 0 amide bonds. The fraction of sp³-hybridized carbons (Fsp3) is 0.538. The van der Waals surface area contributed by atoms with Crippen LogP contribution in [-0.2, 0) is 9.84 Å². The number of ether oxygens (including phenoxy) is 1. The molecule has 3 nitrogen and oxygen atoms in total. The van der Waals surface area contributed by atoms with Crippen LogP contribution in [0.15, 0.2) is 24.3 Å². The van der Waals surface area contributed by atoms with Crippen molar-refractivity contribution in [3.63, 3.8) is 0 Å². The Kier molecular flexibility index (Phi) is 4.53. The van der Waals surface area contributed by atoms with Gasteiger partial charge in [-0.25, -0.2) is 8.42 Å². The van der Waals surface area contributed by atoms with Gasteiger partial charge in [-0.3, -0.25) is 0 Å². The Morgan fingerprint density at radius 1 is 1.22 bits per heavy atom. The summed E-state index contributed by atoms with van der Waals surface area (Å²) in [7, 11) is -2.94. The Bertz CT molecular complexity index is 495. The van der Waals surface area contributed by atoms with Crippen LogP contribution in [0, 0.1) is 3.57 Å². The summed E-state index contributed by atoms with van der Waals surface area (Å²) in [6.07, 6.45) is 4.60. The van der Waals surface area contributed by atoms with Gasteiger partial charge in [-0.1, -0.05) is 0 Å². The number of hydrogen-bond donors (Lipinski definition) is 0. The number of sulfone groups is 1. The minimum Gasteiger partial charge on any atom is -0.490 e. The first-order valence-electron chi connectivity index (χ1n) is 6.06. The zero-order valence-electron chi connectivity index (χ0n) is 10.3. The van der Waals surface area contributed by atoms with Crippen molar-refractivity contribution in [2.45, 2.75) is 37.0 Å². The first kappa shape index (κ1) is 14.1. The van der Waals surface area contributed by atoms with E-state index in [1.54, 1.807) is 0 Å². The third-order valence-corrected chi connectivity index (χ3v) is 5.66. The van der Waals surface area contributed by atoms with Crippen molar-refractivity contribution in [3.8, 4) is 5.75 Å². The lowest BCUT2D eigenvalue weighted by Crippen LogP contribution is -2.33. The third kappa shape index (κ3) is 3.85. The van der Waals surface area contributed by atoms with Gasteiger partial charge in [0.2, 0.25) is 0 Å². The lowest BCUT2D eigenvalue weighted by Gasteiger charge is -2.28. The first-order chi connectivity index (χ1) is 8.45. The maximum absolute atomic E-state index is 11.6. The zero-order chi connectivity index (χ0) is 13.2. The SMILES string of the molecule is CS(=O)(=O)C1CCCC(Oc2ccc(I)cc2)C1. The van der Waals surface area contributed by atoms with Crippen LogP contribution in [0.1, 0.15) is 25.7 Å². The molecule has 0 radical (unpaired) electrons. The van der Waals surface area contributed by atoms with E-state index in [2.05, 4.69) is 22.6 Å². The molecule has 0 N–H and O–H groups in total. The number of halogens is 1. The topological polar surface area (TPSA) is 43.4 Å². The Balaban J connectivity index is 2.00. The predicted molar refractivity (Wildman–Crippen MR) is 80.7 cm³/mol. The van der Waals surface area contributed by atoms with E-state index >= 15 is 0 Å². The summed E-state index contributed by atoms with van der Waals surface area (Å²) >= 11 is 2.25. The molecule has 0 saturated heterocycles. The molecule has 2 rings (SSSR count). The summed E-state index contributed by atoms with van der Waals surface area (Å²) in [4.78, 5) is 0. The molecule has 0 aliphatic heterocycles. The molecule has 1 saturated carbocycles. The Hall–Kier alpha value is -0.300. The van der Waals surface area contributed by atoms with E-state index in [1.165, 1.54) is 6.26 Å². The summed E-state index contributed by atoms with van der Waals surface area (Å²) < 4.78 is 30.2. The average molecular weight is 380 g/mol. The smallest absolute Gasteiger partial charge is 0.150 e. The van der Waals surface area contributed by atoms with Gasteiger partial charge in [0, 0.05) is 16.2 Å². The summed E-state index contributed by atoms with van der Waals surface area (Å²) in [6, 6.07) is 7.86. The summed E-state index contributed by atoms with van der Waals surface area (Å²) in [5.41, 5.74) is 0. The molecule has 0 heterocycles. The summed E-state index contributed by atoms with van der Waals surface area (Å²) in [5.74, 6) is 0.828. The summed E-state index contributed by atoms with van der Waals surface area (Å²) in [6.45, 7) is 0. The molecule has 18 heavy (non-hydrogen) atoms. The lowest BCUT2D eigenvalue weighted by molar-refractivity contribution is 0.156. The van der Waals surface area contributed by atoms with Crippen LogP contribution in [0.2, 0.25) is 0 Å². The molecule has 100 valence electrons. The second-order valence-corrected chi connectivity index (χ2v) is 8.38. The van der Waals surface area contributed by atoms with E-state index in [1.807, 2.05) is 24.3 Å². The molecule has 0 aromatic heterocycles. The van der Waals surface area contributed by atoms with Gasteiger partial charge in [-0.2, -0.15) is 0 Å². The molecule has 1 aliphatic rings. The Morgan fingerprint density at radius 2 is 1.89 bits per heavy atom. The molecule has 2 unspecified atom stereocenters. The molecule has 2 atom stereocenters. The van der Waals surface area contributed by atoms with E-state index in [0.29, 0.717) is 6.42 Å². The number of rotatable bonds is 3. The predicted octanol–water partition coefficient (Wildman–Crippen LogP) is 3.03. The maximum atomic E-state index is 11.6. The number of benzene rings is 1. The second kappa shape index (κ2) is 5.77. The van der Waals surface area contributed by atoms with E-state index in [9.17, 15) is 8.42 Å². The van der Waals surface area contributed by atoms with Gasteiger partial charge in [0.15, 0.2) is 0 Å². The van der Waals surface area contributed by atoms with Gasteiger partial charge in [0.1, 0.15) is 15.6 Å². The normalized spacial score (nSPS) is 24.8. The van der Waals surface area contributed by atoms with Crippen molar-refractivity contribution in [3.05, 3.63) is 27.8 Å². The first-order valence-corrected chi connectivity index (χ1v) is 9.09. The van der Waals surface area contributed by atoms with Crippen LogP contribution in [0.3, 0.4) is 0 Å². The highest BCUT2D eigenvalue weighted by Gasteiger charge is 2.29. The number of hydrogen-bond acceptors (Lipinski definition) is 3. The fourth-order valence-corrected chi connectivity index (χ4v) is 3.82. The van der Waals surface area contributed by atoms with E-state index in [0.717, 1.165) is 28.6 Å². The molecule has 0 bridgehead atoms. The van der Waals surface area contributed by atoms with Crippen molar-refractivity contribution in [1.82, 2.24) is 0 Å². The summed E-state index contributed by atoms with van der Waals surface area (Å²) in [5, 5.41) is -0.236. The van der Waals surface area contributed by atoms with Crippen molar-refractivity contribution in [1.29, 1.82) is 0 Å². The van der Waals surface area contributed by atoms with Crippen molar-refractivity contribution in [2.75, 3.05) is 6.26 Å². The van der Waals surface area contributed by atoms with Crippen LogP contribution in [-0.4, -0.2) is 26.0 Å². The maximum Gasteiger partial charge on any atom is 0.150 e. The minimum atomic E-state index is -2.94. The van der Waals surface area contributed by atoms with E-state index in [4.69, 9.17) is 4.74 Å². The van der Waals surface area contributed by atoms with Gasteiger partial charge in [-0.15, -0.1) is 0 Å². The molecule has 0 spiro atoms. The van der Waals surface area contributed by atoms with Crippen LogP contribution < -0.4 is 4.74 Å². The standard InChI is InChI=1S/C13H17IO3S/c1-18(15,16)13-4-2-3-12(9-13)17-11-7-5-10(14)6-8-11/h5-8,12-13H,2-4,9H2,1H3. The van der Waals surface area contributed by atoms with Crippen LogP contribution in [0.5, 0.6) is 5.75 Å². The van der Waals surface area contributed by atoms with Gasteiger partial charge in [0.25, 0.3) is 0 Å². The highest BCUT2D eigenvalue weighted by atomic mass is 127. The lowest BCUT2D eigenvalue weighted by atomic mass is 9.97. The van der Waals surface area contributed by atoms with Crippen molar-refractivity contribution >= 4 is 32.4 Å². The fourth-order valence-electron chi connectivity index (χ4n) is 2.30. The van der Waals surface area contributed by atoms with Gasteiger partial charge < -0.3 is 4.74 Å². The van der Waals surface area contributed by atoms with Crippen LogP contribution in [0.4, 0.5) is 0 Å². The van der Waals surface area contributed by atoms with Crippen molar-refractivity contribution < 1.29 is 13.2 Å². The molecule has 1 fully saturated rings.